The topological polar surface area (TPSA) is 145 Å². The van der Waals surface area contributed by atoms with Crippen LogP contribution in [-0.4, -0.2) is 53.6 Å². The Balaban J connectivity index is 2.14. The molecule has 0 aromatic carbocycles. The first-order chi connectivity index (χ1) is 14.9. The summed E-state index contributed by atoms with van der Waals surface area (Å²) >= 11 is 0. The highest BCUT2D eigenvalue weighted by atomic mass is 16.3. The summed E-state index contributed by atoms with van der Waals surface area (Å²) in [6, 6.07) is 4.34. The number of anilines is 3. The quantitative estimate of drug-likeness (QED) is 0.370. The summed E-state index contributed by atoms with van der Waals surface area (Å²) in [7, 11) is 0. The number of rotatable bonds is 7. The second-order valence-corrected chi connectivity index (χ2v) is 9.21. The molecule has 3 heterocycles. The van der Waals surface area contributed by atoms with Crippen molar-refractivity contribution in [3.05, 3.63) is 46.8 Å². The molecule has 5 N–H and O–H groups in total. The molecule has 3 aromatic heterocycles. The van der Waals surface area contributed by atoms with Gasteiger partial charge in [0.05, 0.1) is 30.3 Å². The smallest absolute Gasteiger partial charge is 0.262 e. The first-order valence-corrected chi connectivity index (χ1v) is 10.3. The van der Waals surface area contributed by atoms with Crippen LogP contribution in [0.25, 0.3) is 10.8 Å². The Morgan fingerprint density at radius 1 is 1.06 bits per heavy atom. The Morgan fingerprint density at radius 3 is 2.34 bits per heavy atom. The largest absolute Gasteiger partial charge is 0.394 e. The van der Waals surface area contributed by atoms with Gasteiger partial charge in [-0.3, -0.25) is 4.79 Å². The van der Waals surface area contributed by atoms with Crippen molar-refractivity contribution in [1.82, 2.24) is 19.5 Å². The lowest BCUT2D eigenvalue weighted by Gasteiger charge is -2.24. The van der Waals surface area contributed by atoms with E-state index in [0.717, 1.165) is 0 Å². The van der Waals surface area contributed by atoms with E-state index in [0.29, 0.717) is 33.9 Å². The van der Waals surface area contributed by atoms with Crippen LogP contribution < -0.4 is 16.2 Å². The zero-order chi connectivity index (χ0) is 23.7. The van der Waals surface area contributed by atoms with Gasteiger partial charge in [-0.15, -0.1) is 0 Å². The number of nitrogens with one attached hydrogen (secondary N) is 2. The highest BCUT2D eigenvalue weighted by molar-refractivity contribution is 5.93. The third-order valence-corrected chi connectivity index (χ3v) is 4.77. The fourth-order valence-corrected chi connectivity index (χ4v) is 3.20. The van der Waals surface area contributed by atoms with Crippen LogP contribution in [0, 0.1) is 0 Å². The van der Waals surface area contributed by atoms with E-state index in [1.807, 2.05) is 20.8 Å². The lowest BCUT2D eigenvalue weighted by atomic mass is 10.1. The van der Waals surface area contributed by atoms with Crippen molar-refractivity contribution in [3.8, 4) is 0 Å². The van der Waals surface area contributed by atoms with Gasteiger partial charge in [-0.2, -0.15) is 0 Å². The van der Waals surface area contributed by atoms with Gasteiger partial charge in [-0.1, -0.05) is 0 Å². The van der Waals surface area contributed by atoms with E-state index in [4.69, 9.17) is 0 Å². The van der Waals surface area contributed by atoms with E-state index in [1.54, 1.807) is 38.2 Å². The van der Waals surface area contributed by atoms with E-state index in [9.17, 15) is 20.1 Å². The van der Waals surface area contributed by atoms with Gasteiger partial charge < -0.3 is 30.5 Å². The minimum atomic E-state index is -1.13. The molecule has 0 bridgehead atoms. The molecule has 32 heavy (non-hydrogen) atoms. The molecule has 0 aliphatic carbocycles. The molecule has 3 aromatic rings. The molecule has 3 rings (SSSR count). The van der Waals surface area contributed by atoms with Crippen molar-refractivity contribution in [1.29, 1.82) is 0 Å². The Morgan fingerprint density at radius 2 is 1.75 bits per heavy atom. The van der Waals surface area contributed by atoms with Crippen LogP contribution in [-0.2, 0) is 5.60 Å². The van der Waals surface area contributed by atoms with Crippen LogP contribution in [0.15, 0.2) is 35.5 Å². The van der Waals surface area contributed by atoms with Crippen molar-refractivity contribution in [2.75, 3.05) is 23.8 Å². The molecule has 0 aliphatic rings. The zero-order valence-electron chi connectivity index (χ0n) is 18.9. The van der Waals surface area contributed by atoms with Crippen molar-refractivity contribution in [2.45, 2.75) is 51.8 Å². The van der Waals surface area contributed by atoms with E-state index < -0.39 is 11.6 Å². The lowest BCUT2D eigenvalue weighted by Crippen LogP contribution is -2.31. The van der Waals surface area contributed by atoms with Gasteiger partial charge in [-0.25, -0.2) is 15.0 Å². The summed E-state index contributed by atoms with van der Waals surface area (Å²) in [5, 5.41) is 36.6. The minimum Gasteiger partial charge on any atom is -0.394 e. The maximum Gasteiger partial charge on any atom is 0.262 e. The van der Waals surface area contributed by atoms with Gasteiger partial charge in [0, 0.05) is 17.8 Å². The molecule has 10 heteroatoms. The fraction of sp³-hybridized carbons (Fsp3) is 0.455. The number of fused-ring (bicyclic) bond motifs is 1. The Bertz CT molecular complexity index is 1160. The van der Waals surface area contributed by atoms with E-state index in [2.05, 4.69) is 25.6 Å². The highest BCUT2D eigenvalue weighted by Crippen LogP contribution is 2.27. The number of aliphatic hydroxyl groups is 3. The number of pyridine rings is 2. The second-order valence-electron chi connectivity index (χ2n) is 9.21. The van der Waals surface area contributed by atoms with Gasteiger partial charge in [0.1, 0.15) is 29.4 Å². The summed E-state index contributed by atoms with van der Waals surface area (Å²) in [4.78, 5) is 26.1. The maximum absolute atomic E-state index is 13.2. The molecule has 0 amide bonds. The predicted octanol–water partition coefficient (Wildman–Crippen LogP) is 1.89. The van der Waals surface area contributed by atoms with E-state index in [1.165, 1.54) is 10.9 Å². The Labute approximate surface area is 186 Å². The molecular formula is C22H30N6O4. The molecule has 0 fully saturated rings. The molecule has 172 valence electrons. The van der Waals surface area contributed by atoms with Crippen molar-refractivity contribution in [2.24, 2.45) is 0 Å². The van der Waals surface area contributed by atoms with Gasteiger partial charge >= 0.3 is 0 Å². The maximum atomic E-state index is 13.2. The first-order valence-electron chi connectivity index (χ1n) is 10.3. The zero-order valence-corrected chi connectivity index (χ0v) is 18.9. The van der Waals surface area contributed by atoms with E-state index in [-0.39, 0.29) is 24.3 Å². The minimum absolute atomic E-state index is 0.347. The standard InChI is InChI=1S/C22H30N6O4/c1-21(2,3)27-19-18-13(6-7-28(20(18)31)14(10-29)11-30)8-17(26-19)25-16-9-15(22(4,5)32)23-12-24-16/h6-9,12,14,29-30,32H,10-11H2,1-5H3,(H2,23,24,25,26,27). The molecule has 0 unspecified atom stereocenters. The highest BCUT2D eigenvalue weighted by Gasteiger charge is 2.21. The van der Waals surface area contributed by atoms with Crippen LogP contribution in [0.5, 0.6) is 0 Å². The predicted molar refractivity (Wildman–Crippen MR) is 123 cm³/mol. The Kier molecular flexibility index (Phi) is 6.49. The monoisotopic (exact) mass is 442 g/mol. The number of hydrogen-bond donors (Lipinski definition) is 5. The molecule has 0 spiro atoms. The number of hydrogen-bond acceptors (Lipinski definition) is 9. The van der Waals surface area contributed by atoms with Crippen molar-refractivity contribution < 1.29 is 15.3 Å². The molecule has 10 nitrogen and oxygen atoms in total. The van der Waals surface area contributed by atoms with Crippen molar-refractivity contribution >= 4 is 28.2 Å². The third-order valence-electron chi connectivity index (χ3n) is 4.77. The average molecular weight is 443 g/mol. The van der Waals surface area contributed by atoms with E-state index >= 15 is 0 Å². The number of nitrogens with zero attached hydrogens (tertiary/aromatic N) is 4. The molecule has 0 radical (unpaired) electrons. The summed E-state index contributed by atoms with van der Waals surface area (Å²) in [5.41, 5.74) is -1.43. The van der Waals surface area contributed by atoms with Crippen LogP contribution in [0.1, 0.15) is 46.4 Å². The second kappa shape index (κ2) is 8.81. The third kappa shape index (κ3) is 5.21. The van der Waals surface area contributed by atoms with Gasteiger partial charge in [0.15, 0.2) is 0 Å². The average Bonchev–Trinajstić information content (AvgIpc) is 2.68. The molecule has 0 aliphatic heterocycles. The van der Waals surface area contributed by atoms with Crippen LogP contribution >= 0.6 is 0 Å². The van der Waals surface area contributed by atoms with Crippen LogP contribution in [0.2, 0.25) is 0 Å². The summed E-state index contributed by atoms with van der Waals surface area (Å²) in [5.74, 6) is 1.26. The van der Waals surface area contributed by atoms with Crippen molar-refractivity contribution in [3.63, 3.8) is 0 Å². The summed E-state index contributed by atoms with van der Waals surface area (Å²) in [6.07, 6.45) is 2.90. The van der Waals surface area contributed by atoms with Crippen LogP contribution in [0.3, 0.4) is 0 Å². The van der Waals surface area contributed by atoms with Crippen LogP contribution in [0.4, 0.5) is 17.5 Å². The molecule has 0 atom stereocenters. The normalized spacial score (nSPS) is 12.4. The molecule has 0 saturated heterocycles. The summed E-state index contributed by atoms with van der Waals surface area (Å²) in [6.45, 7) is 8.39. The van der Waals surface area contributed by atoms with Gasteiger partial charge in [0.25, 0.3) is 5.56 Å². The Hall–Kier alpha value is -3.08. The van der Waals surface area contributed by atoms with Gasteiger partial charge in [0.2, 0.25) is 0 Å². The molecular weight excluding hydrogens is 412 g/mol. The van der Waals surface area contributed by atoms with Gasteiger partial charge in [-0.05, 0) is 52.1 Å². The lowest BCUT2D eigenvalue weighted by molar-refractivity contribution is 0.0737. The number of aliphatic hydroxyl groups excluding tert-OH is 2. The SMILES string of the molecule is CC(C)(C)Nc1nc(Nc2cc(C(C)(C)O)ncn2)cc2ccn(C(CO)CO)c(=O)c12. The molecule has 0 saturated carbocycles. The number of aromatic nitrogens is 4. The summed E-state index contributed by atoms with van der Waals surface area (Å²) < 4.78 is 1.31. The fourth-order valence-electron chi connectivity index (χ4n) is 3.20. The first kappa shape index (κ1) is 23.6.